The summed E-state index contributed by atoms with van der Waals surface area (Å²) in [5.74, 6) is 0. The Hall–Kier alpha value is 0.320. The molecule has 1 aromatic rings. The van der Waals surface area contributed by atoms with Gasteiger partial charge in [0.25, 0.3) is 0 Å². The van der Waals surface area contributed by atoms with E-state index >= 15 is 0 Å². The lowest BCUT2D eigenvalue weighted by Gasteiger charge is -2.21. The van der Waals surface area contributed by atoms with E-state index in [1.165, 1.54) is 0 Å². The van der Waals surface area contributed by atoms with Gasteiger partial charge in [0.1, 0.15) is 6.10 Å². The molecule has 1 aliphatic rings. The van der Waals surface area contributed by atoms with Crippen LogP contribution in [0.4, 0.5) is 0 Å². The zero-order chi connectivity index (χ0) is 10.2. The minimum Gasteiger partial charge on any atom is -0.365 e. The third kappa shape index (κ3) is 2.12. The lowest BCUT2D eigenvalue weighted by molar-refractivity contribution is -0.0125. The first-order chi connectivity index (χ1) is 6.63. The summed E-state index contributed by atoms with van der Waals surface area (Å²) in [7, 11) is 0. The molecule has 0 aliphatic carbocycles. The normalized spacial score (nSPS) is 32.4. The number of halogens is 1. The van der Waals surface area contributed by atoms with Gasteiger partial charge < -0.3 is 4.74 Å². The Morgan fingerprint density at radius 1 is 1.79 bits per heavy atom. The number of alkyl halides is 1. The van der Waals surface area contributed by atoms with E-state index in [0.29, 0.717) is 0 Å². The van der Waals surface area contributed by atoms with E-state index in [9.17, 15) is 0 Å². The van der Waals surface area contributed by atoms with Gasteiger partial charge in [-0.05, 0) is 26.7 Å². The second-order valence-corrected chi connectivity index (χ2v) is 5.85. The number of nitrogens with zero attached hydrogens (tertiary/aromatic N) is 1. The fraction of sp³-hybridized carbons (Fsp3) is 0.700. The molecule has 78 valence electrons. The zero-order valence-electron chi connectivity index (χ0n) is 8.42. The Morgan fingerprint density at radius 2 is 2.57 bits per heavy atom. The molecule has 2 rings (SSSR count). The lowest BCUT2D eigenvalue weighted by Crippen LogP contribution is -2.24. The van der Waals surface area contributed by atoms with Gasteiger partial charge in [0.05, 0.1) is 16.3 Å². The summed E-state index contributed by atoms with van der Waals surface area (Å²) < 4.78 is 7.09. The predicted octanol–water partition coefficient (Wildman–Crippen LogP) is 3.50. The van der Waals surface area contributed by atoms with Gasteiger partial charge in [0.2, 0.25) is 0 Å². The first kappa shape index (κ1) is 10.8. The first-order valence-electron chi connectivity index (χ1n) is 4.79. The molecule has 0 aromatic carbocycles. The van der Waals surface area contributed by atoms with Gasteiger partial charge in [-0.25, -0.2) is 4.98 Å². The number of hydrogen-bond acceptors (Lipinski definition) is 3. The van der Waals surface area contributed by atoms with Crippen LogP contribution in [0.15, 0.2) is 5.38 Å². The van der Waals surface area contributed by atoms with Crippen molar-refractivity contribution in [2.45, 2.75) is 38.4 Å². The predicted molar refractivity (Wildman–Crippen MR) is 67.2 cm³/mol. The number of rotatable bonds is 2. The van der Waals surface area contributed by atoms with Gasteiger partial charge >= 0.3 is 0 Å². The van der Waals surface area contributed by atoms with Crippen molar-refractivity contribution < 1.29 is 4.74 Å². The molecule has 0 saturated carbocycles. The van der Waals surface area contributed by atoms with Crippen molar-refractivity contribution in [3.8, 4) is 0 Å². The van der Waals surface area contributed by atoms with Crippen LogP contribution in [-0.4, -0.2) is 15.0 Å². The third-order valence-electron chi connectivity index (χ3n) is 2.61. The molecule has 0 radical (unpaired) electrons. The largest absolute Gasteiger partial charge is 0.365 e. The number of hydrogen-bond donors (Lipinski definition) is 0. The first-order valence-corrected chi connectivity index (χ1v) is 7.19. The van der Waals surface area contributed by atoms with Gasteiger partial charge in [0.15, 0.2) is 0 Å². The molecular formula is C10H14INOS. The maximum absolute atomic E-state index is 6.03. The highest BCUT2D eigenvalue weighted by Gasteiger charge is 2.36. The summed E-state index contributed by atoms with van der Waals surface area (Å²) in [5, 5.41) is 3.26. The molecule has 2 atom stereocenters. The average molecular weight is 323 g/mol. The smallest absolute Gasteiger partial charge is 0.101 e. The fourth-order valence-corrected chi connectivity index (χ4v) is 2.95. The summed E-state index contributed by atoms with van der Waals surface area (Å²) in [4.78, 5) is 4.48. The van der Waals surface area contributed by atoms with Gasteiger partial charge in [-0.2, -0.15) is 0 Å². The van der Waals surface area contributed by atoms with Crippen LogP contribution in [0, 0.1) is 6.92 Å². The van der Waals surface area contributed by atoms with Crippen LogP contribution >= 0.6 is 33.9 Å². The number of aryl methyl sites for hydroxylation is 1. The molecule has 2 unspecified atom stereocenters. The number of aromatic nitrogens is 1. The quantitative estimate of drug-likeness (QED) is 0.614. The van der Waals surface area contributed by atoms with E-state index in [-0.39, 0.29) is 11.7 Å². The van der Waals surface area contributed by atoms with E-state index < -0.39 is 0 Å². The third-order valence-corrected chi connectivity index (χ3v) is 5.02. The Balaban J connectivity index is 2.09. The second-order valence-electron chi connectivity index (χ2n) is 4.02. The van der Waals surface area contributed by atoms with E-state index in [0.717, 1.165) is 28.0 Å². The number of ether oxygens (including phenoxy) is 1. The number of thiazole rings is 1. The van der Waals surface area contributed by atoms with Crippen LogP contribution < -0.4 is 0 Å². The van der Waals surface area contributed by atoms with Gasteiger partial charge in [-0.3, -0.25) is 0 Å². The Bertz CT molecular complexity index is 328. The SMILES string of the molecule is Cc1nc(C2CCC(C)(CI)O2)cs1. The molecule has 4 heteroatoms. The van der Waals surface area contributed by atoms with Crippen molar-refractivity contribution in [1.29, 1.82) is 0 Å². The Kier molecular flexibility index (Phi) is 3.14. The molecule has 1 saturated heterocycles. The maximum Gasteiger partial charge on any atom is 0.101 e. The minimum atomic E-state index is 0.0722. The zero-order valence-corrected chi connectivity index (χ0v) is 11.4. The minimum absolute atomic E-state index is 0.0722. The molecule has 1 aromatic heterocycles. The Labute approximate surface area is 102 Å². The van der Waals surface area contributed by atoms with Crippen LogP contribution in [0.2, 0.25) is 0 Å². The summed E-state index contributed by atoms with van der Waals surface area (Å²) in [5.41, 5.74) is 1.20. The molecule has 0 bridgehead atoms. The van der Waals surface area contributed by atoms with Crippen LogP contribution in [0.25, 0.3) is 0 Å². The van der Waals surface area contributed by atoms with Crippen molar-refractivity contribution in [1.82, 2.24) is 4.98 Å². The van der Waals surface area contributed by atoms with Gasteiger partial charge in [0, 0.05) is 9.81 Å². The topological polar surface area (TPSA) is 22.1 Å². The molecule has 1 fully saturated rings. The fourth-order valence-electron chi connectivity index (χ4n) is 1.73. The van der Waals surface area contributed by atoms with Crippen LogP contribution in [0.5, 0.6) is 0 Å². The molecule has 0 spiro atoms. The molecule has 2 nitrogen and oxygen atoms in total. The summed E-state index contributed by atoms with van der Waals surface area (Å²) in [6.07, 6.45) is 2.50. The summed E-state index contributed by atoms with van der Waals surface area (Å²) >= 11 is 4.10. The molecule has 1 aliphatic heterocycles. The van der Waals surface area contributed by atoms with E-state index in [2.05, 4.69) is 39.9 Å². The van der Waals surface area contributed by atoms with Crippen LogP contribution in [-0.2, 0) is 4.74 Å². The highest BCUT2D eigenvalue weighted by atomic mass is 127. The molecule has 0 amide bonds. The van der Waals surface area contributed by atoms with E-state index in [4.69, 9.17) is 4.74 Å². The van der Waals surface area contributed by atoms with Crippen molar-refractivity contribution in [2.75, 3.05) is 4.43 Å². The second kappa shape index (κ2) is 4.06. The monoisotopic (exact) mass is 323 g/mol. The Morgan fingerprint density at radius 3 is 3.07 bits per heavy atom. The molecule has 0 N–H and O–H groups in total. The van der Waals surface area contributed by atoms with E-state index in [1.807, 2.05) is 6.92 Å². The van der Waals surface area contributed by atoms with E-state index in [1.54, 1.807) is 11.3 Å². The van der Waals surface area contributed by atoms with Gasteiger partial charge in [-0.1, -0.05) is 22.6 Å². The van der Waals surface area contributed by atoms with Crippen molar-refractivity contribution in [2.24, 2.45) is 0 Å². The standard InChI is InChI=1S/C10H14INOS/c1-7-12-8(5-14-7)9-3-4-10(2,6-11)13-9/h5,9H,3-4,6H2,1-2H3. The van der Waals surface area contributed by atoms with Crippen molar-refractivity contribution in [3.05, 3.63) is 16.1 Å². The average Bonchev–Trinajstić information content (AvgIpc) is 2.73. The van der Waals surface area contributed by atoms with Crippen molar-refractivity contribution >= 4 is 33.9 Å². The summed E-state index contributed by atoms with van der Waals surface area (Å²) in [6, 6.07) is 0. The summed E-state index contributed by atoms with van der Waals surface area (Å²) in [6.45, 7) is 4.24. The highest BCUT2D eigenvalue weighted by molar-refractivity contribution is 14.1. The highest BCUT2D eigenvalue weighted by Crippen LogP contribution is 2.40. The molecule has 14 heavy (non-hydrogen) atoms. The van der Waals surface area contributed by atoms with Crippen LogP contribution in [0.1, 0.15) is 36.6 Å². The molecule has 2 heterocycles. The molecular weight excluding hydrogens is 309 g/mol. The lowest BCUT2D eigenvalue weighted by atomic mass is 10.1. The van der Waals surface area contributed by atoms with Gasteiger partial charge in [-0.15, -0.1) is 11.3 Å². The van der Waals surface area contributed by atoms with Crippen LogP contribution in [0.3, 0.4) is 0 Å². The maximum atomic E-state index is 6.03. The van der Waals surface area contributed by atoms with Crippen molar-refractivity contribution in [3.63, 3.8) is 0 Å².